The minimum absolute atomic E-state index is 0.202. The van der Waals surface area contributed by atoms with Crippen molar-refractivity contribution in [1.82, 2.24) is 0 Å². The van der Waals surface area contributed by atoms with E-state index in [1.54, 1.807) is 37.3 Å². The molecule has 0 amide bonds. The van der Waals surface area contributed by atoms with Gasteiger partial charge in [0.05, 0.1) is 0 Å². The summed E-state index contributed by atoms with van der Waals surface area (Å²) in [4.78, 5) is 12.1. The molecule has 2 rings (SSSR count). The third-order valence-corrected chi connectivity index (χ3v) is 2.82. The summed E-state index contributed by atoms with van der Waals surface area (Å²) in [5.41, 5.74) is 0.469. The van der Waals surface area contributed by atoms with Crippen molar-refractivity contribution in [2.45, 2.75) is 13.0 Å². The summed E-state index contributed by atoms with van der Waals surface area (Å²) < 4.78 is 18.4. The summed E-state index contributed by atoms with van der Waals surface area (Å²) >= 11 is 5.83. The summed E-state index contributed by atoms with van der Waals surface area (Å²) in [6.07, 6.45) is -0.708. The van der Waals surface area contributed by atoms with Gasteiger partial charge >= 0.3 is 0 Å². The van der Waals surface area contributed by atoms with Crippen molar-refractivity contribution in [2.75, 3.05) is 0 Å². The van der Waals surface area contributed by atoms with E-state index in [9.17, 15) is 9.18 Å². The van der Waals surface area contributed by atoms with Crippen LogP contribution in [-0.4, -0.2) is 11.9 Å². The summed E-state index contributed by atoms with van der Waals surface area (Å²) in [6, 6.07) is 12.3. The SMILES string of the molecule is CC(Oc1cccc(F)c1)C(=O)c1cccc(Cl)c1. The van der Waals surface area contributed by atoms with E-state index in [0.29, 0.717) is 16.3 Å². The lowest BCUT2D eigenvalue weighted by atomic mass is 10.1. The number of carbonyl (C=O) groups excluding carboxylic acids is 1. The molecule has 98 valence electrons. The Morgan fingerprint density at radius 3 is 2.63 bits per heavy atom. The Hall–Kier alpha value is -1.87. The van der Waals surface area contributed by atoms with Gasteiger partial charge in [0.25, 0.3) is 0 Å². The zero-order valence-electron chi connectivity index (χ0n) is 10.3. The third kappa shape index (κ3) is 3.55. The molecule has 0 aliphatic heterocycles. The van der Waals surface area contributed by atoms with Crippen LogP contribution < -0.4 is 4.74 Å². The zero-order chi connectivity index (χ0) is 13.8. The number of hydrogen-bond donors (Lipinski definition) is 0. The topological polar surface area (TPSA) is 26.3 Å². The zero-order valence-corrected chi connectivity index (χ0v) is 11.0. The third-order valence-electron chi connectivity index (χ3n) is 2.59. The monoisotopic (exact) mass is 278 g/mol. The minimum Gasteiger partial charge on any atom is -0.482 e. The average molecular weight is 279 g/mol. The highest BCUT2D eigenvalue weighted by Gasteiger charge is 2.17. The molecular formula is C15H12ClFO2. The highest BCUT2D eigenvalue weighted by atomic mass is 35.5. The maximum Gasteiger partial charge on any atom is 0.203 e. The Morgan fingerprint density at radius 1 is 1.21 bits per heavy atom. The predicted molar refractivity (Wildman–Crippen MR) is 72.3 cm³/mol. The Kier molecular flexibility index (Phi) is 4.17. The molecule has 2 aromatic rings. The molecule has 0 saturated heterocycles. The second-order valence-corrected chi connectivity index (χ2v) is 4.53. The summed E-state index contributed by atoms with van der Waals surface area (Å²) in [5, 5.41) is 0.490. The van der Waals surface area contributed by atoms with Gasteiger partial charge in [0.1, 0.15) is 11.6 Å². The maximum atomic E-state index is 13.0. The molecular weight excluding hydrogens is 267 g/mol. The van der Waals surface area contributed by atoms with Crippen LogP contribution >= 0.6 is 11.6 Å². The summed E-state index contributed by atoms with van der Waals surface area (Å²) in [6.45, 7) is 1.62. The van der Waals surface area contributed by atoms with Crippen LogP contribution in [0.1, 0.15) is 17.3 Å². The molecule has 2 nitrogen and oxygen atoms in total. The van der Waals surface area contributed by atoms with Gasteiger partial charge < -0.3 is 4.74 Å². The predicted octanol–water partition coefficient (Wildman–Crippen LogP) is 4.13. The van der Waals surface area contributed by atoms with Crippen LogP contribution in [0.3, 0.4) is 0 Å². The van der Waals surface area contributed by atoms with Crippen LogP contribution in [0.4, 0.5) is 4.39 Å². The van der Waals surface area contributed by atoms with Crippen LogP contribution in [0.15, 0.2) is 48.5 Å². The van der Waals surface area contributed by atoms with E-state index >= 15 is 0 Å². The molecule has 0 saturated carbocycles. The van der Waals surface area contributed by atoms with Crippen molar-refractivity contribution in [3.63, 3.8) is 0 Å². The number of hydrogen-bond acceptors (Lipinski definition) is 2. The Labute approximate surface area is 115 Å². The van der Waals surface area contributed by atoms with Gasteiger partial charge in [0.15, 0.2) is 6.10 Å². The lowest BCUT2D eigenvalue weighted by Crippen LogP contribution is -2.23. The van der Waals surface area contributed by atoms with E-state index in [4.69, 9.17) is 16.3 Å². The second-order valence-electron chi connectivity index (χ2n) is 4.09. The molecule has 1 unspecified atom stereocenters. The fraction of sp³-hybridized carbons (Fsp3) is 0.133. The molecule has 0 radical (unpaired) electrons. The molecule has 0 aromatic heterocycles. The molecule has 0 N–H and O–H groups in total. The van der Waals surface area contributed by atoms with Gasteiger partial charge in [-0.25, -0.2) is 4.39 Å². The molecule has 2 aromatic carbocycles. The summed E-state index contributed by atoms with van der Waals surface area (Å²) in [7, 11) is 0. The molecule has 0 fully saturated rings. The minimum atomic E-state index is -0.708. The van der Waals surface area contributed by atoms with Gasteiger partial charge in [-0.2, -0.15) is 0 Å². The highest BCUT2D eigenvalue weighted by Crippen LogP contribution is 2.17. The van der Waals surface area contributed by atoms with Gasteiger partial charge in [-0.15, -0.1) is 0 Å². The Bertz CT molecular complexity index is 598. The number of benzene rings is 2. The number of ether oxygens (including phenoxy) is 1. The van der Waals surface area contributed by atoms with Crippen LogP contribution in [0.2, 0.25) is 5.02 Å². The van der Waals surface area contributed by atoms with Crippen molar-refractivity contribution >= 4 is 17.4 Å². The first-order chi connectivity index (χ1) is 9.06. The van der Waals surface area contributed by atoms with E-state index < -0.39 is 11.9 Å². The quantitative estimate of drug-likeness (QED) is 0.786. The van der Waals surface area contributed by atoms with Gasteiger partial charge in [-0.05, 0) is 31.2 Å². The lowest BCUT2D eigenvalue weighted by Gasteiger charge is -2.13. The lowest BCUT2D eigenvalue weighted by molar-refractivity contribution is 0.0817. The Balaban J connectivity index is 2.12. The van der Waals surface area contributed by atoms with E-state index in [2.05, 4.69) is 0 Å². The second kappa shape index (κ2) is 5.85. The fourth-order valence-electron chi connectivity index (χ4n) is 1.67. The van der Waals surface area contributed by atoms with E-state index in [0.717, 1.165) is 0 Å². The van der Waals surface area contributed by atoms with Crippen molar-refractivity contribution < 1.29 is 13.9 Å². The standard InChI is InChI=1S/C15H12ClFO2/c1-10(19-14-7-3-6-13(17)9-14)15(18)11-4-2-5-12(16)8-11/h2-10H,1H3. The molecule has 1 atom stereocenters. The van der Waals surface area contributed by atoms with E-state index in [-0.39, 0.29) is 5.78 Å². The van der Waals surface area contributed by atoms with Crippen LogP contribution in [-0.2, 0) is 0 Å². The van der Waals surface area contributed by atoms with Crippen molar-refractivity contribution in [3.05, 3.63) is 64.9 Å². The smallest absolute Gasteiger partial charge is 0.203 e. The number of rotatable bonds is 4. The average Bonchev–Trinajstić information content (AvgIpc) is 2.38. The number of Topliss-reactive ketones (excluding diaryl/α,β-unsaturated/α-hetero) is 1. The normalized spacial score (nSPS) is 11.9. The molecule has 0 aliphatic rings. The highest BCUT2D eigenvalue weighted by molar-refractivity contribution is 6.31. The van der Waals surface area contributed by atoms with Gasteiger partial charge in [-0.1, -0.05) is 29.8 Å². The van der Waals surface area contributed by atoms with Crippen molar-refractivity contribution in [2.24, 2.45) is 0 Å². The van der Waals surface area contributed by atoms with Crippen LogP contribution in [0.5, 0.6) is 5.75 Å². The van der Waals surface area contributed by atoms with Gasteiger partial charge in [-0.3, -0.25) is 4.79 Å². The van der Waals surface area contributed by atoms with Gasteiger partial charge in [0, 0.05) is 16.7 Å². The summed E-state index contributed by atoms with van der Waals surface area (Å²) in [5.74, 6) is -0.283. The van der Waals surface area contributed by atoms with Crippen molar-refractivity contribution in [1.29, 1.82) is 0 Å². The first kappa shape index (κ1) is 13.6. The number of ketones is 1. The molecule has 0 bridgehead atoms. The van der Waals surface area contributed by atoms with E-state index in [1.165, 1.54) is 18.2 Å². The van der Waals surface area contributed by atoms with Crippen LogP contribution in [0, 0.1) is 5.82 Å². The molecule has 19 heavy (non-hydrogen) atoms. The molecule has 4 heteroatoms. The fourth-order valence-corrected chi connectivity index (χ4v) is 1.86. The number of carbonyl (C=O) groups is 1. The maximum absolute atomic E-state index is 13.0. The molecule has 0 spiro atoms. The van der Waals surface area contributed by atoms with Gasteiger partial charge in [0.2, 0.25) is 5.78 Å². The number of halogens is 2. The first-order valence-corrected chi connectivity index (χ1v) is 6.16. The molecule has 0 heterocycles. The van der Waals surface area contributed by atoms with E-state index in [1.807, 2.05) is 0 Å². The first-order valence-electron chi connectivity index (χ1n) is 5.78. The van der Waals surface area contributed by atoms with Crippen LogP contribution in [0.25, 0.3) is 0 Å². The van der Waals surface area contributed by atoms with Crippen molar-refractivity contribution in [3.8, 4) is 5.75 Å². The molecule has 0 aliphatic carbocycles. The Morgan fingerprint density at radius 2 is 1.95 bits per heavy atom. The largest absolute Gasteiger partial charge is 0.482 e.